The van der Waals surface area contributed by atoms with Gasteiger partial charge in [0.15, 0.2) is 0 Å². The van der Waals surface area contributed by atoms with Gasteiger partial charge in [0.1, 0.15) is 10.7 Å². The van der Waals surface area contributed by atoms with Crippen LogP contribution < -0.4 is 0 Å². The molecular weight excluding hydrogens is 228 g/mol. The number of thiophene rings is 1. The average Bonchev–Trinajstić information content (AvgIpc) is 2.82. The quantitative estimate of drug-likeness (QED) is 0.678. The van der Waals surface area contributed by atoms with E-state index in [4.69, 9.17) is 0 Å². The van der Waals surface area contributed by atoms with Gasteiger partial charge in [-0.1, -0.05) is 37.3 Å². The highest BCUT2D eigenvalue weighted by molar-refractivity contribution is 7.17. The van der Waals surface area contributed by atoms with E-state index in [0.717, 1.165) is 22.5 Å². The van der Waals surface area contributed by atoms with Crippen molar-refractivity contribution in [1.29, 1.82) is 0 Å². The minimum Gasteiger partial charge on any atom is -0.241 e. The first-order valence-corrected chi connectivity index (χ1v) is 6.55. The summed E-state index contributed by atoms with van der Waals surface area (Å²) in [5, 5.41) is 3.31. The van der Waals surface area contributed by atoms with E-state index in [0.29, 0.717) is 0 Å². The Morgan fingerprint density at radius 3 is 2.76 bits per heavy atom. The van der Waals surface area contributed by atoms with Crippen LogP contribution in [0.1, 0.15) is 12.7 Å². The molecule has 0 spiro atoms. The number of nitrogens with zero attached hydrogens (tertiary/aromatic N) is 2. The van der Waals surface area contributed by atoms with Gasteiger partial charge in [0.05, 0.1) is 0 Å². The number of benzene rings is 1. The summed E-state index contributed by atoms with van der Waals surface area (Å²) in [5.41, 5.74) is 2.46. The zero-order valence-corrected chi connectivity index (χ0v) is 10.4. The standard InChI is InChI=1S/C14H12N2S/c1-2-13-15-8-11-12(9-17-14(11)16-13)10-6-4-3-5-7-10/h3-9H,2H2,1H3. The van der Waals surface area contributed by atoms with Crippen LogP contribution in [-0.2, 0) is 6.42 Å². The van der Waals surface area contributed by atoms with Crippen molar-refractivity contribution in [2.24, 2.45) is 0 Å². The fraction of sp³-hybridized carbons (Fsp3) is 0.143. The first-order valence-electron chi connectivity index (χ1n) is 5.67. The van der Waals surface area contributed by atoms with Gasteiger partial charge in [-0.2, -0.15) is 0 Å². The van der Waals surface area contributed by atoms with Crippen LogP contribution in [0, 0.1) is 0 Å². The molecule has 0 aliphatic rings. The number of rotatable bonds is 2. The maximum absolute atomic E-state index is 4.55. The molecule has 0 bridgehead atoms. The molecule has 0 saturated carbocycles. The second kappa shape index (κ2) is 4.26. The molecule has 2 nitrogen and oxygen atoms in total. The Bertz CT molecular complexity index is 644. The van der Waals surface area contributed by atoms with Crippen molar-refractivity contribution in [3.63, 3.8) is 0 Å². The topological polar surface area (TPSA) is 25.8 Å². The summed E-state index contributed by atoms with van der Waals surface area (Å²) in [6, 6.07) is 10.4. The summed E-state index contributed by atoms with van der Waals surface area (Å²) in [6.45, 7) is 2.08. The first-order chi connectivity index (χ1) is 8.38. The monoisotopic (exact) mass is 240 g/mol. The number of hydrogen-bond donors (Lipinski definition) is 0. The zero-order valence-electron chi connectivity index (χ0n) is 9.55. The number of aromatic nitrogens is 2. The van der Waals surface area contributed by atoms with Gasteiger partial charge in [-0.3, -0.25) is 0 Å². The molecule has 2 aromatic heterocycles. The van der Waals surface area contributed by atoms with Crippen LogP contribution in [0.15, 0.2) is 41.9 Å². The molecule has 0 N–H and O–H groups in total. The molecule has 0 aliphatic heterocycles. The largest absolute Gasteiger partial charge is 0.241 e. The Hall–Kier alpha value is -1.74. The van der Waals surface area contributed by atoms with Crippen LogP contribution in [-0.4, -0.2) is 9.97 Å². The molecule has 0 radical (unpaired) electrons. The van der Waals surface area contributed by atoms with Crippen LogP contribution in [0.2, 0.25) is 0 Å². The first kappa shape index (κ1) is 10.4. The SMILES string of the molecule is CCc1ncc2c(-c3ccccc3)csc2n1. The third-order valence-electron chi connectivity index (χ3n) is 2.78. The molecule has 0 amide bonds. The average molecular weight is 240 g/mol. The zero-order chi connectivity index (χ0) is 11.7. The van der Waals surface area contributed by atoms with Gasteiger partial charge in [0.25, 0.3) is 0 Å². The van der Waals surface area contributed by atoms with E-state index in [-0.39, 0.29) is 0 Å². The molecule has 3 heteroatoms. The maximum atomic E-state index is 4.55. The highest BCUT2D eigenvalue weighted by Gasteiger charge is 2.08. The molecule has 3 rings (SSSR count). The van der Waals surface area contributed by atoms with Crippen molar-refractivity contribution in [3.05, 3.63) is 47.7 Å². The number of fused-ring (bicyclic) bond motifs is 1. The second-order valence-electron chi connectivity index (χ2n) is 3.87. The summed E-state index contributed by atoms with van der Waals surface area (Å²) in [7, 11) is 0. The van der Waals surface area contributed by atoms with Crippen LogP contribution in [0.4, 0.5) is 0 Å². The van der Waals surface area contributed by atoms with Gasteiger partial charge in [0.2, 0.25) is 0 Å². The minimum absolute atomic E-state index is 0.883. The van der Waals surface area contributed by atoms with Crippen LogP contribution in [0.5, 0.6) is 0 Å². The van der Waals surface area contributed by atoms with Gasteiger partial charge in [-0.15, -0.1) is 11.3 Å². The Balaban J connectivity index is 2.19. The lowest BCUT2D eigenvalue weighted by Gasteiger charge is -1.99. The normalized spacial score (nSPS) is 10.9. The molecule has 3 aromatic rings. The predicted octanol–water partition coefficient (Wildman–Crippen LogP) is 3.92. The predicted molar refractivity (Wildman–Crippen MR) is 72.2 cm³/mol. The van der Waals surface area contributed by atoms with E-state index in [1.165, 1.54) is 11.1 Å². The molecule has 0 unspecified atom stereocenters. The molecule has 0 fully saturated rings. The van der Waals surface area contributed by atoms with Gasteiger partial charge in [0, 0.05) is 28.9 Å². The third kappa shape index (κ3) is 1.83. The summed E-state index contributed by atoms with van der Waals surface area (Å²) in [6.07, 6.45) is 2.83. The minimum atomic E-state index is 0.883. The van der Waals surface area contributed by atoms with Gasteiger partial charge >= 0.3 is 0 Å². The second-order valence-corrected chi connectivity index (χ2v) is 4.73. The molecule has 0 aliphatic carbocycles. The van der Waals surface area contributed by atoms with Crippen molar-refractivity contribution < 1.29 is 0 Å². The molecule has 0 atom stereocenters. The summed E-state index contributed by atoms with van der Waals surface area (Å²) < 4.78 is 0. The van der Waals surface area contributed by atoms with Crippen LogP contribution in [0.3, 0.4) is 0 Å². The maximum Gasteiger partial charge on any atom is 0.129 e. The van der Waals surface area contributed by atoms with Crippen molar-refractivity contribution in [2.45, 2.75) is 13.3 Å². The molecule has 2 heterocycles. The van der Waals surface area contributed by atoms with E-state index in [1.807, 2.05) is 12.3 Å². The van der Waals surface area contributed by atoms with E-state index < -0.39 is 0 Å². The highest BCUT2D eigenvalue weighted by Crippen LogP contribution is 2.32. The molecular formula is C14H12N2S. The molecule has 0 saturated heterocycles. The van der Waals surface area contributed by atoms with Gasteiger partial charge < -0.3 is 0 Å². The fourth-order valence-corrected chi connectivity index (χ4v) is 2.81. The van der Waals surface area contributed by atoms with Crippen LogP contribution in [0.25, 0.3) is 21.3 Å². The van der Waals surface area contributed by atoms with E-state index >= 15 is 0 Å². The van der Waals surface area contributed by atoms with Gasteiger partial charge in [-0.05, 0) is 5.56 Å². The smallest absolute Gasteiger partial charge is 0.129 e. The fourth-order valence-electron chi connectivity index (χ4n) is 1.86. The van der Waals surface area contributed by atoms with E-state index in [9.17, 15) is 0 Å². The Morgan fingerprint density at radius 2 is 2.00 bits per heavy atom. The molecule has 1 aromatic carbocycles. The van der Waals surface area contributed by atoms with Crippen LogP contribution >= 0.6 is 11.3 Å². The van der Waals surface area contributed by atoms with Crippen molar-refractivity contribution in [1.82, 2.24) is 9.97 Å². The van der Waals surface area contributed by atoms with E-state index in [1.54, 1.807) is 11.3 Å². The lowest BCUT2D eigenvalue weighted by atomic mass is 10.1. The third-order valence-corrected chi connectivity index (χ3v) is 3.67. The van der Waals surface area contributed by atoms with Crippen molar-refractivity contribution >= 4 is 21.6 Å². The van der Waals surface area contributed by atoms with E-state index in [2.05, 4.69) is 46.5 Å². The Labute approximate surface area is 104 Å². The Morgan fingerprint density at radius 1 is 1.18 bits per heavy atom. The van der Waals surface area contributed by atoms with Crippen molar-refractivity contribution in [2.75, 3.05) is 0 Å². The lowest BCUT2D eigenvalue weighted by Crippen LogP contribution is -1.90. The number of aryl methyl sites for hydroxylation is 1. The van der Waals surface area contributed by atoms with Crippen molar-refractivity contribution in [3.8, 4) is 11.1 Å². The molecule has 17 heavy (non-hydrogen) atoms. The summed E-state index contributed by atoms with van der Waals surface area (Å²) >= 11 is 1.69. The van der Waals surface area contributed by atoms with Gasteiger partial charge in [-0.25, -0.2) is 9.97 Å². The molecule has 84 valence electrons. The summed E-state index contributed by atoms with van der Waals surface area (Å²) in [5.74, 6) is 0.916. The highest BCUT2D eigenvalue weighted by atomic mass is 32.1. The Kier molecular flexibility index (Phi) is 2.61. The summed E-state index contributed by atoms with van der Waals surface area (Å²) in [4.78, 5) is 10.0. The lowest BCUT2D eigenvalue weighted by molar-refractivity contribution is 0.964. The number of hydrogen-bond acceptors (Lipinski definition) is 3.